The number of aryl methyl sites for hydroxylation is 1. The van der Waals surface area contributed by atoms with Crippen LogP contribution in [0.1, 0.15) is 108 Å². The number of halogens is 2. The first kappa shape index (κ1) is 41.1. The number of aromatic nitrogens is 1. The Morgan fingerprint density at radius 1 is 0.982 bits per heavy atom. The number of ketones is 1. The quantitative estimate of drug-likeness (QED) is 0.203. The van der Waals surface area contributed by atoms with Crippen LogP contribution in [0.4, 0.5) is 13.6 Å². The number of fused-ring (bicyclic) bond motifs is 3. The molecule has 2 N–H and O–H groups in total. The van der Waals surface area contributed by atoms with Crippen LogP contribution in [0.3, 0.4) is 0 Å². The van der Waals surface area contributed by atoms with Crippen LogP contribution in [0, 0.1) is 24.5 Å². The molecule has 0 radical (unpaired) electrons. The molecular formula is C43H54F2N3O8P. The third kappa shape index (κ3) is 8.99. The van der Waals surface area contributed by atoms with Gasteiger partial charge in [-0.05, 0) is 88.5 Å². The van der Waals surface area contributed by atoms with Crippen molar-refractivity contribution >= 4 is 36.1 Å². The van der Waals surface area contributed by atoms with Crippen molar-refractivity contribution in [2.24, 2.45) is 5.92 Å². The van der Waals surface area contributed by atoms with E-state index in [-0.39, 0.29) is 37.8 Å². The second-order valence-corrected chi connectivity index (χ2v) is 19.0. The molecule has 2 aliphatic carbocycles. The smallest absolute Gasteiger partial charge is 0.408 e. The van der Waals surface area contributed by atoms with Gasteiger partial charge in [0.2, 0.25) is 19.2 Å². The highest BCUT2D eigenvalue weighted by Crippen LogP contribution is 2.75. The summed E-state index contributed by atoms with van der Waals surface area (Å²) in [6.45, 7) is 4.18. The van der Waals surface area contributed by atoms with Gasteiger partial charge in [0.15, 0.2) is 5.78 Å². The lowest BCUT2D eigenvalue weighted by molar-refractivity contribution is -0.139. The molecule has 3 aromatic rings. The highest BCUT2D eigenvalue weighted by Gasteiger charge is 2.66. The molecular weight excluding hydrogens is 755 g/mol. The van der Waals surface area contributed by atoms with Crippen LogP contribution in [-0.2, 0) is 25.1 Å². The van der Waals surface area contributed by atoms with Crippen molar-refractivity contribution in [1.29, 1.82) is 0 Å². The van der Waals surface area contributed by atoms with E-state index in [1.807, 2.05) is 32.0 Å². The zero-order valence-corrected chi connectivity index (χ0v) is 33.7. The van der Waals surface area contributed by atoms with Crippen LogP contribution in [0.15, 0.2) is 42.5 Å². The minimum atomic E-state index is -4.39. The lowest BCUT2D eigenvalue weighted by Gasteiger charge is -2.30. The summed E-state index contributed by atoms with van der Waals surface area (Å²) in [7, 11) is -4.39. The molecule has 14 heteroatoms. The molecule has 4 aliphatic rings. The van der Waals surface area contributed by atoms with Gasteiger partial charge in [0.25, 0.3) is 0 Å². The van der Waals surface area contributed by atoms with E-state index >= 15 is 0 Å². The third-order valence-corrected chi connectivity index (χ3v) is 15.3. The Bertz CT molecular complexity index is 2010. The summed E-state index contributed by atoms with van der Waals surface area (Å²) in [4.78, 5) is 60.5. The fourth-order valence-electron chi connectivity index (χ4n) is 9.31. The van der Waals surface area contributed by atoms with Crippen LogP contribution in [0.25, 0.3) is 10.9 Å². The fourth-order valence-corrected chi connectivity index (χ4v) is 12.0. The maximum Gasteiger partial charge on any atom is 0.408 e. The van der Waals surface area contributed by atoms with Crippen molar-refractivity contribution in [2.45, 2.75) is 139 Å². The van der Waals surface area contributed by atoms with Crippen molar-refractivity contribution in [3.05, 3.63) is 65.2 Å². The molecule has 2 saturated carbocycles. The molecule has 1 aromatic heterocycles. The summed E-state index contributed by atoms with van der Waals surface area (Å²) in [6, 6.07) is 8.71. The number of ether oxygens (including phenoxy) is 3. The Labute approximate surface area is 332 Å². The van der Waals surface area contributed by atoms with Gasteiger partial charge in [0.1, 0.15) is 35.6 Å². The first-order valence-corrected chi connectivity index (χ1v) is 22.5. The molecule has 0 bridgehead atoms. The van der Waals surface area contributed by atoms with Gasteiger partial charge in [0.05, 0.1) is 36.0 Å². The highest BCUT2D eigenvalue weighted by molar-refractivity contribution is 7.59. The summed E-state index contributed by atoms with van der Waals surface area (Å²) in [5, 5.41) is 2.18. The first-order valence-electron chi connectivity index (χ1n) is 20.6. The van der Waals surface area contributed by atoms with E-state index in [9.17, 15) is 32.6 Å². The third-order valence-electron chi connectivity index (χ3n) is 12.5. The number of carbonyl (C=O) groups excluding carboxylic acids is 3. The van der Waals surface area contributed by atoms with E-state index in [0.29, 0.717) is 43.0 Å². The number of para-hydroxylation sites is 1. The molecule has 0 spiro atoms. The van der Waals surface area contributed by atoms with E-state index in [1.54, 1.807) is 6.07 Å². The monoisotopic (exact) mass is 809 g/mol. The average Bonchev–Trinajstić information content (AvgIpc) is 3.43. The number of nitrogens with zero attached hydrogens (tertiary/aromatic N) is 2. The van der Waals surface area contributed by atoms with Crippen LogP contribution in [0.2, 0.25) is 0 Å². The number of Topliss-reactive ketones (excluding diaryl/α,β-unsaturated/α-hetero) is 1. The molecule has 4 fully saturated rings. The number of benzene rings is 2. The molecule has 2 saturated heterocycles. The summed E-state index contributed by atoms with van der Waals surface area (Å²) in [5.41, 5.74) is 1.13. The minimum absolute atomic E-state index is 0.0122. The second-order valence-electron chi connectivity index (χ2n) is 16.4. The summed E-state index contributed by atoms with van der Waals surface area (Å²) >= 11 is 0. The van der Waals surface area contributed by atoms with Gasteiger partial charge in [-0.1, -0.05) is 50.3 Å². The lowest BCUT2D eigenvalue weighted by atomic mass is 10.0. The van der Waals surface area contributed by atoms with Gasteiger partial charge in [-0.25, -0.2) is 18.6 Å². The standard InChI is InChI=1S/C43H54F2N3O8P/c1-3-54-39-22-38(31-17-11-13-27(2)40(31)47-39)55-30-21-36-37(49)24-43(57(52,53)26-32-33(44)18-12-19-34(32)45)23-28(43)14-7-5-4-6-8-20-35(41(50)48(36)25-30)46-42(51)56-29-15-9-10-16-29/h11-13,17-19,22,28-30,35-36H,3-10,14-16,20-21,23-26H2,1-2H3,(H,46,51)(H,52,53)/t28-,30?,35-,36-,43+/m0/s1. The second kappa shape index (κ2) is 17.4. The first-order chi connectivity index (χ1) is 27.4. The van der Waals surface area contributed by atoms with Crippen LogP contribution < -0.4 is 14.8 Å². The van der Waals surface area contributed by atoms with Gasteiger partial charge in [0, 0.05) is 29.9 Å². The Morgan fingerprint density at radius 3 is 2.40 bits per heavy atom. The highest BCUT2D eigenvalue weighted by atomic mass is 31.2. The SMILES string of the molecule is CCOc1cc(OC2C[C@H]3C(=O)C[C@]4(P(=O)(O)Cc5c(F)cccc5F)C[C@@H]4CCCCCCC[C@H](NC(=O)OC4CCCC4)C(=O)N3C2)c2cccc(C)c2n1. The van der Waals surface area contributed by atoms with E-state index < -0.39 is 71.9 Å². The largest absolute Gasteiger partial charge is 0.488 e. The van der Waals surface area contributed by atoms with E-state index in [0.717, 1.165) is 74.4 Å². The molecule has 2 amide bonds. The molecule has 11 nitrogen and oxygen atoms in total. The maximum atomic E-state index is 14.9. The Hall–Kier alpha value is -4.09. The Morgan fingerprint density at radius 2 is 1.67 bits per heavy atom. The predicted molar refractivity (Wildman–Crippen MR) is 211 cm³/mol. The van der Waals surface area contributed by atoms with E-state index in [2.05, 4.69) is 10.3 Å². The van der Waals surface area contributed by atoms with E-state index in [4.69, 9.17) is 14.2 Å². The summed E-state index contributed by atoms with van der Waals surface area (Å²) < 4.78 is 62.3. The van der Waals surface area contributed by atoms with Crippen molar-refractivity contribution in [1.82, 2.24) is 15.2 Å². The average molecular weight is 810 g/mol. The fraction of sp³-hybridized carbons (Fsp3) is 0.581. The van der Waals surface area contributed by atoms with Crippen molar-refractivity contribution < 1.29 is 46.8 Å². The zero-order chi connectivity index (χ0) is 40.3. The van der Waals surface area contributed by atoms with Gasteiger partial charge in [-0.15, -0.1) is 0 Å². The normalized spacial score (nSPS) is 27.1. The minimum Gasteiger partial charge on any atom is -0.488 e. The van der Waals surface area contributed by atoms with Gasteiger partial charge < -0.3 is 29.3 Å². The van der Waals surface area contributed by atoms with Gasteiger partial charge >= 0.3 is 6.09 Å². The lowest BCUT2D eigenvalue weighted by Crippen LogP contribution is -2.52. The number of pyridine rings is 1. The maximum absolute atomic E-state index is 14.9. The molecule has 57 heavy (non-hydrogen) atoms. The van der Waals surface area contributed by atoms with Crippen LogP contribution in [-0.4, -0.2) is 75.2 Å². The molecule has 2 aliphatic heterocycles. The number of alkyl carbamates (subject to hydrolysis) is 1. The Balaban J connectivity index is 1.21. The van der Waals surface area contributed by atoms with Crippen molar-refractivity contribution in [2.75, 3.05) is 13.2 Å². The molecule has 3 heterocycles. The zero-order valence-electron chi connectivity index (χ0n) is 32.9. The number of amides is 2. The topological polar surface area (TPSA) is 144 Å². The number of hydrogen-bond acceptors (Lipinski definition) is 8. The van der Waals surface area contributed by atoms with Gasteiger partial charge in [-0.2, -0.15) is 0 Å². The summed E-state index contributed by atoms with van der Waals surface area (Å²) in [6.07, 6.45) is 6.06. The van der Waals surface area contributed by atoms with Crippen LogP contribution in [0.5, 0.6) is 11.6 Å². The molecule has 308 valence electrons. The van der Waals surface area contributed by atoms with Gasteiger partial charge in [-0.3, -0.25) is 14.2 Å². The predicted octanol–water partition coefficient (Wildman–Crippen LogP) is 8.54. The van der Waals surface area contributed by atoms with Crippen molar-refractivity contribution in [3.8, 4) is 11.6 Å². The van der Waals surface area contributed by atoms with Crippen LogP contribution >= 0.6 is 7.37 Å². The molecule has 2 unspecified atom stereocenters. The number of rotatable bonds is 9. The number of carbonyl (C=O) groups is 3. The molecule has 2 aromatic carbocycles. The van der Waals surface area contributed by atoms with E-state index in [1.165, 1.54) is 11.0 Å². The molecule has 7 rings (SSSR count). The number of nitrogens with one attached hydrogen (secondary N) is 1. The van der Waals surface area contributed by atoms with Crippen molar-refractivity contribution in [3.63, 3.8) is 0 Å². The molecule has 6 atom stereocenters. The Kier molecular flexibility index (Phi) is 12.5. The summed E-state index contributed by atoms with van der Waals surface area (Å²) in [5.74, 6) is -2.16. The number of hydrogen-bond donors (Lipinski definition) is 2.